The van der Waals surface area contributed by atoms with Gasteiger partial charge in [0.2, 0.25) is 0 Å². The number of pyridine rings is 1. The molecule has 2 heterocycles. The summed E-state index contributed by atoms with van der Waals surface area (Å²) in [6.45, 7) is 0. The monoisotopic (exact) mass is 313 g/mol. The number of aromatic carboxylic acids is 1. The van der Waals surface area contributed by atoms with Gasteiger partial charge in [-0.1, -0.05) is 6.07 Å². The van der Waals surface area contributed by atoms with Crippen LogP contribution in [0.25, 0.3) is 16.8 Å². The zero-order valence-electron chi connectivity index (χ0n) is 12.1. The van der Waals surface area contributed by atoms with Crippen LogP contribution in [0.3, 0.4) is 0 Å². The predicted octanol–water partition coefficient (Wildman–Crippen LogP) is 3.23. The molecular formula is C17H12FNO4. The highest BCUT2D eigenvalue weighted by atomic mass is 19.1. The number of aromatic nitrogens is 1. The number of esters is 1. The first-order valence-electron chi connectivity index (χ1n) is 6.74. The van der Waals surface area contributed by atoms with Crippen molar-refractivity contribution in [2.75, 3.05) is 7.11 Å². The molecule has 0 aliphatic rings. The maximum atomic E-state index is 13.6. The van der Waals surface area contributed by atoms with Crippen LogP contribution in [0.15, 0.2) is 48.7 Å². The topological polar surface area (TPSA) is 68.0 Å². The Labute approximate surface area is 130 Å². The van der Waals surface area contributed by atoms with Gasteiger partial charge >= 0.3 is 11.9 Å². The fraction of sp³-hybridized carbons (Fsp3) is 0.0588. The normalized spacial score (nSPS) is 10.7. The van der Waals surface area contributed by atoms with E-state index < -0.39 is 17.8 Å². The number of halogens is 1. The Balaban J connectivity index is 2.36. The van der Waals surface area contributed by atoms with E-state index in [0.717, 1.165) is 12.1 Å². The summed E-state index contributed by atoms with van der Waals surface area (Å²) in [5.41, 5.74) is 1.37. The third-order valence-electron chi connectivity index (χ3n) is 3.57. The first kappa shape index (κ1) is 14.8. The molecule has 1 aromatic carbocycles. The Morgan fingerprint density at radius 2 is 1.91 bits per heavy atom. The van der Waals surface area contributed by atoms with Crippen molar-refractivity contribution in [3.8, 4) is 11.3 Å². The van der Waals surface area contributed by atoms with Gasteiger partial charge in [0.1, 0.15) is 5.82 Å². The van der Waals surface area contributed by atoms with Crippen LogP contribution in [0.2, 0.25) is 0 Å². The van der Waals surface area contributed by atoms with Crippen molar-refractivity contribution in [2.24, 2.45) is 0 Å². The Kier molecular flexibility index (Phi) is 3.57. The van der Waals surface area contributed by atoms with Crippen LogP contribution in [0, 0.1) is 5.82 Å². The number of carboxylic acid groups (broad SMARTS) is 1. The molecule has 0 spiro atoms. The van der Waals surface area contributed by atoms with Gasteiger partial charge in [-0.2, -0.15) is 0 Å². The number of carbonyl (C=O) groups is 2. The molecule has 0 atom stereocenters. The molecule has 0 saturated carbocycles. The lowest BCUT2D eigenvalue weighted by molar-refractivity contribution is 0.0602. The van der Waals surface area contributed by atoms with Crippen molar-refractivity contribution in [3.63, 3.8) is 0 Å². The highest BCUT2D eigenvalue weighted by Gasteiger charge is 2.20. The second-order valence-electron chi connectivity index (χ2n) is 4.89. The number of hydrogen-bond donors (Lipinski definition) is 1. The van der Waals surface area contributed by atoms with Crippen molar-refractivity contribution >= 4 is 17.5 Å². The van der Waals surface area contributed by atoms with Crippen LogP contribution < -0.4 is 0 Å². The molecule has 3 aromatic rings. The largest absolute Gasteiger partial charge is 0.478 e. The number of benzene rings is 1. The molecule has 0 bridgehead atoms. The second-order valence-corrected chi connectivity index (χ2v) is 4.89. The molecule has 5 nitrogen and oxygen atoms in total. The summed E-state index contributed by atoms with van der Waals surface area (Å²) in [6.07, 6.45) is 1.67. The van der Waals surface area contributed by atoms with Gasteiger partial charge in [-0.15, -0.1) is 0 Å². The molecule has 6 heteroatoms. The van der Waals surface area contributed by atoms with Gasteiger partial charge in [0.25, 0.3) is 0 Å². The zero-order chi connectivity index (χ0) is 16.6. The van der Waals surface area contributed by atoms with E-state index in [4.69, 9.17) is 4.74 Å². The summed E-state index contributed by atoms with van der Waals surface area (Å²) in [7, 11) is 1.26. The number of carbonyl (C=O) groups excluding carboxylic acids is 1. The number of carboxylic acids is 1. The lowest BCUT2D eigenvalue weighted by Crippen LogP contribution is -2.01. The standard InChI is InChI=1S/C17H12FNO4/c1-23-17(22)13-9-15(19-7-3-2-4-14(13)19)12-8-10(18)5-6-11(12)16(20)21/h2-9H,1H3,(H,20,21). The van der Waals surface area contributed by atoms with Gasteiger partial charge in [-0.3, -0.25) is 0 Å². The van der Waals surface area contributed by atoms with Gasteiger partial charge in [0.15, 0.2) is 0 Å². The van der Waals surface area contributed by atoms with Crippen molar-refractivity contribution in [1.29, 1.82) is 0 Å². The molecule has 0 amide bonds. The summed E-state index contributed by atoms with van der Waals surface area (Å²) < 4.78 is 20.0. The zero-order valence-corrected chi connectivity index (χ0v) is 12.1. The Bertz CT molecular complexity index is 929. The molecule has 0 saturated heterocycles. The molecule has 0 fully saturated rings. The highest BCUT2D eigenvalue weighted by molar-refractivity contribution is 6.01. The maximum Gasteiger partial charge on any atom is 0.340 e. The third kappa shape index (κ3) is 2.44. The fourth-order valence-electron chi connectivity index (χ4n) is 2.55. The van der Waals surface area contributed by atoms with E-state index >= 15 is 0 Å². The smallest absolute Gasteiger partial charge is 0.340 e. The number of methoxy groups -OCH3 is 1. The van der Waals surface area contributed by atoms with Gasteiger partial charge in [0, 0.05) is 11.8 Å². The molecule has 0 radical (unpaired) electrons. The van der Waals surface area contributed by atoms with E-state index in [1.165, 1.54) is 19.2 Å². The average molecular weight is 313 g/mol. The molecule has 0 aliphatic heterocycles. The van der Waals surface area contributed by atoms with Crippen molar-refractivity contribution < 1.29 is 23.8 Å². The third-order valence-corrected chi connectivity index (χ3v) is 3.57. The SMILES string of the molecule is COC(=O)c1cc(-c2cc(F)ccc2C(=O)O)n2ccccc12. The lowest BCUT2D eigenvalue weighted by Gasteiger charge is -2.07. The van der Waals surface area contributed by atoms with Crippen LogP contribution >= 0.6 is 0 Å². The number of ether oxygens (including phenoxy) is 1. The van der Waals surface area contributed by atoms with Gasteiger partial charge < -0.3 is 14.2 Å². The van der Waals surface area contributed by atoms with Crippen LogP contribution in [-0.2, 0) is 4.74 Å². The highest BCUT2D eigenvalue weighted by Crippen LogP contribution is 2.30. The van der Waals surface area contributed by atoms with Crippen LogP contribution in [0.5, 0.6) is 0 Å². The second kappa shape index (κ2) is 5.57. The summed E-state index contributed by atoms with van der Waals surface area (Å²) in [5.74, 6) is -2.28. The molecule has 0 aliphatic carbocycles. The number of nitrogens with zero attached hydrogens (tertiary/aromatic N) is 1. The summed E-state index contributed by atoms with van der Waals surface area (Å²) in [4.78, 5) is 23.3. The average Bonchev–Trinajstić information content (AvgIpc) is 2.93. The van der Waals surface area contributed by atoms with Gasteiger partial charge in [0.05, 0.1) is 29.4 Å². The summed E-state index contributed by atoms with van der Waals surface area (Å²) in [6, 6.07) is 10.1. The molecule has 2 aromatic heterocycles. The van der Waals surface area contributed by atoms with E-state index in [9.17, 15) is 19.1 Å². The Morgan fingerprint density at radius 3 is 2.61 bits per heavy atom. The molecule has 116 valence electrons. The van der Waals surface area contributed by atoms with Gasteiger partial charge in [-0.25, -0.2) is 14.0 Å². The Morgan fingerprint density at radius 1 is 1.13 bits per heavy atom. The molecule has 23 heavy (non-hydrogen) atoms. The van der Waals surface area contributed by atoms with Crippen molar-refractivity contribution in [2.45, 2.75) is 0 Å². The minimum absolute atomic E-state index is 0.0499. The molecule has 0 unspecified atom stereocenters. The Hall–Kier alpha value is -3.15. The van der Waals surface area contributed by atoms with Crippen molar-refractivity contribution in [1.82, 2.24) is 4.40 Å². The lowest BCUT2D eigenvalue weighted by atomic mass is 10.0. The molecule has 1 N–H and O–H groups in total. The predicted molar refractivity (Wildman–Crippen MR) is 81.1 cm³/mol. The number of rotatable bonds is 3. The molecular weight excluding hydrogens is 301 g/mol. The van der Waals surface area contributed by atoms with E-state index in [2.05, 4.69) is 0 Å². The summed E-state index contributed by atoms with van der Waals surface area (Å²) >= 11 is 0. The van der Waals surface area contributed by atoms with Gasteiger partial charge in [-0.05, 0) is 36.4 Å². The maximum absolute atomic E-state index is 13.6. The quantitative estimate of drug-likeness (QED) is 0.754. The minimum Gasteiger partial charge on any atom is -0.478 e. The number of fused-ring (bicyclic) bond motifs is 1. The van der Waals surface area contributed by atoms with E-state index in [1.54, 1.807) is 28.8 Å². The summed E-state index contributed by atoms with van der Waals surface area (Å²) in [5, 5.41) is 9.33. The van der Waals surface area contributed by atoms with E-state index in [0.29, 0.717) is 11.2 Å². The first-order valence-corrected chi connectivity index (χ1v) is 6.74. The first-order chi connectivity index (χ1) is 11.0. The molecule has 3 rings (SSSR count). The van der Waals surface area contributed by atoms with Crippen LogP contribution in [0.4, 0.5) is 4.39 Å². The van der Waals surface area contributed by atoms with Crippen LogP contribution in [0.1, 0.15) is 20.7 Å². The van der Waals surface area contributed by atoms with Crippen molar-refractivity contribution in [3.05, 3.63) is 65.6 Å². The fourth-order valence-corrected chi connectivity index (χ4v) is 2.55. The van der Waals surface area contributed by atoms with E-state index in [1.807, 2.05) is 0 Å². The minimum atomic E-state index is -1.18. The number of hydrogen-bond acceptors (Lipinski definition) is 3. The van der Waals surface area contributed by atoms with Crippen LogP contribution in [-0.4, -0.2) is 28.6 Å². The van der Waals surface area contributed by atoms with E-state index in [-0.39, 0.29) is 16.7 Å².